The number of carboxylic acid groups (broad SMARTS) is 1. The molecule has 27 heavy (non-hydrogen) atoms. The summed E-state index contributed by atoms with van der Waals surface area (Å²) in [6, 6.07) is 10.9. The zero-order valence-corrected chi connectivity index (χ0v) is 15.7. The van der Waals surface area contributed by atoms with Crippen LogP contribution in [-0.2, 0) is 6.42 Å². The van der Waals surface area contributed by atoms with Gasteiger partial charge in [-0.05, 0) is 36.8 Å². The van der Waals surface area contributed by atoms with Crippen molar-refractivity contribution < 1.29 is 19.9 Å². The Bertz CT molecular complexity index is 1060. The SMILES string of the molecule is CCc1c(C(=O)O)c(-c2ccc([N+](=O)[O-])c(O)c2)nn1-c1cccc(Br)c1. The number of benzene rings is 2. The summed E-state index contributed by atoms with van der Waals surface area (Å²) in [5, 5.41) is 35.0. The smallest absolute Gasteiger partial charge is 0.339 e. The lowest BCUT2D eigenvalue weighted by atomic mass is 10.0. The zero-order valence-electron chi connectivity index (χ0n) is 14.1. The molecule has 0 saturated carbocycles. The van der Waals surface area contributed by atoms with E-state index in [9.17, 15) is 25.1 Å². The molecule has 0 aliphatic rings. The number of aromatic nitrogens is 2. The molecule has 0 amide bonds. The lowest BCUT2D eigenvalue weighted by Crippen LogP contribution is -2.05. The minimum absolute atomic E-state index is 0.00858. The Morgan fingerprint density at radius 3 is 2.59 bits per heavy atom. The van der Waals surface area contributed by atoms with Crippen molar-refractivity contribution in [2.75, 3.05) is 0 Å². The first-order valence-electron chi connectivity index (χ1n) is 7.92. The maximum atomic E-state index is 11.9. The largest absolute Gasteiger partial charge is 0.502 e. The average molecular weight is 432 g/mol. The summed E-state index contributed by atoms with van der Waals surface area (Å²) in [6.07, 6.45) is 0.403. The van der Waals surface area contributed by atoms with Gasteiger partial charge >= 0.3 is 11.7 Å². The highest BCUT2D eigenvalue weighted by atomic mass is 79.9. The summed E-state index contributed by atoms with van der Waals surface area (Å²) in [5.74, 6) is -1.72. The molecule has 1 heterocycles. The molecule has 1 aromatic heterocycles. The Labute approximate surface area is 162 Å². The summed E-state index contributed by atoms with van der Waals surface area (Å²) in [6.45, 7) is 1.81. The molecular weight excluding hydrogens is 418 g/mol. The molecular formula is C18H14BrN3O5. The van der Waals surface area contributed by atoms with Crippen LogP contribution in [0.2, 0.25) is 0 Å². The van der Waals surface area contributed by atoms with Gasteiger partial charge in [0.25, 0.3) is 0 Å². The zero-order chi connectivity index (χ0) is 19.7. The number of aromatic carboxylic acids is 1. The minimum atomic E-state index is -1.17. The number of carboxylic acids is 1. The van der Waals surface area contributed by atoms with Crippen molar-refractivity contribution >= 4 is 27.6 Å². The fraction of sp³-hybridized carbons (Fsp3) is 0.111. The minimum Gasteiger partial charge on any atom is -0.502 e. The van der Waals surface area contributed by atoms with Gasteiger partial charge in [-0.2, -0.15) is 5.10 Å². The molecule has 3 rings (SSSR count). The fourth-order valence-corrected chi connectivity index (χ4v) is 3.24. The van der Waals surface area contributed by atoms with Gasteiger partial charge in [0.05, 0.1) is 16.3 Å². The summed E-state index contributed by atoms with van der Waals surface area (Å²) < 4.78 is 2.34. The molecule has 0 spiro atoms. The Morgan fingerprint density at radius 2 is 2.04 bits per heavy atom. The number of aromatic hydroxyl groups is 1. The summed E-state index contributed by atoms with van der Waals surface area (Å²) in [4.78, 5) is 22.1. The fourth-order valence-electron chi connectivity index (χ4n) is 2.85. The van der Waals surface area contributed by atoms with E-state index in [0.29, 0.717) is 17.8 Å². The van der Waals surface area contributed by atoms with Crippen molar-refractivity contribution in [3.05, 3.63) is 68.3 Å². The van der Waals surface area contributed by atoms with Gasteiger partial charge < -0.3 is 10.2 Å². The number of nitrogens with zero attached hydrogens (tertiary/aromatic N) is 3. The van der Waals surface area contributed by atoms with Crippen LogP contribution >= 0.6 is 15.9 Å². The number of rotatable bonds is 5. The van der Waals surface area contributed by atoms with Gasteiger partial charge in [0.15, 0.2) is 5.75 Å². The second kappa shape index (κ2) is 7.20. The van der Waals surface area contributed by atoms with Crippen LogP contribution in [0.4, 0.5) is 5.69 Å². The maximum absolute atomic E-state index is 11.9. The van der Waals surface area contributed by atoms with Gasteiger partial charge in [0.2, 0.25) is 0 Å². The van der Waals surface area contributed by atoms with Crippen molar-refractivity contribution in [3.63, 3.8) is 0 Å². The normalized spacial score (nSPS) is 10.7. The second-order valence-corrected chi connectivity index (χ2v) is 6.60. The quantitative estimate of drug-likeness (QED) is 0.461. The van der Waals surface area contributed by atoms with Crippen LogP contribution in [0.3, 0.4) is 0 Å². The third-order valence-electron chi connectivity index (χ3n) is 4.03. The van der Waals surface area contributed by atoms with Crippen molar-refractivity contribution in [3.8, 4) is 22.7 Å². The van der Waals surface area contributed by atoms with Crippen LogP contribution in [0.15, 0.2) is 46.9 Å². The van der Waals surface area contributed by atoms with Crippen molar-refractivity contribution in [1.29, 1.82) is 0 Å². The Morgan fingerprint density at radius 1 is 1.30 bits per heavy atom. The van der Waals surface area contributed by atoms with Crippen LogP contribution in [0.25, 0.3) is 16.9 Å². The number of nitro groups is 1. The Hall–Kier alpha value is -3.20. The van der Waals surface area contributed by atoms with E-state index in [1.165, 1.54) is 10.7 Å². The van der Waals surface area contributed by atoms with Crippen LogP contribution in [0.5, 0.6) is 5.75 Å². The first-order chi connectivity index (χ1) is 12.8. The highest BCUT2D eigenvalue weighted by Crippen LogP contribution is 2.34. The van der Waals surface area contributed by atoms with Gasteiger partial charge in [-0.25, -0.2) is 9.48 Å². The molecule has 2 N–H and O–H groups in total. The molecule has 0 radical (unpaired) electrons. The van der Waals surface area contributed by atoms with Gasteiger partial charge in [-0.15, -0.1) is 0 Å². The number of carbonyl (C=O) groups is 1. The summed E-state index contributed by atoms with van der Waals surface area (Å²) in [7, 11) is 0. The lowest BCUT2D eigenvalue weighted by molar-refractivity contribution is -0.385. The van der Waals surface area contributed by atoms with Crippen LogP contribution in [0.1, 0.15) is 23.0 Å². The number of hydrogen-bond donors (Lipinski definition) is 2. The molecule has 3 aromatic rings. The monoisotopic (exact) mass is 431 g/mol. The molecule has 0 bridgehead atoms. The first-order valence-corrected chi connectivity index (χ1v) is 8.71. The molecule has 9 heteroatoms. The predicted molar refractivity (Wildman–Crippen MR) is 101 cm³/mol. The van der Waals surface area contributed by atoms with Gasteiger partial charge in [0.1, 0.15) is 11.3 Å². The van der Waals surface area contributed by atoms with Gasteiger partial charge in [-0.3, -0.25) is 10.1 Å². The molecule has 0 fully saturated rings. The lowest BCUT2D eigenvalue weighted by Gasteiger charge is -2.06. The number of nitro benzene ring substituents is 1. The first kappa shape index (κ1) is 18.6. The molecule has 0 unspecified atom stereocenters. The third-order valence-corrected chi connectivity index (χ3v) is 4.52. The third kappa shape index (κ3) is 3.41. The Balaban J connectivity index is 2.26. The highest BCUT2D eigenvalue weighted by Gasteiger charge is 2.25. The number of halogens is 1. The summed E-state index contributed by atoms with van der Waals surface area (Å²) >= 11 is 3.38. The maximum Gasteiger partial charge on any atom is 0.339 e. The Kier molecular flexibility index (Phi) is 4.95. The molecule has 0 atom stereocenters. The van der Waals surface area contributed by atoms with Crippen molar-refractivity contribution in [2.24, 2.45) is 0 Å². The van der Waals surface area contributed by atoms with E-state index in [1.54, 1.807) is 18.2 Å². The van der Waals surface area contributed by atoms with Crippen LogP contribution in [0, 0.1) is 10.1 Å². The van der Waals surface area contributed by atoms with Gasteiger partial charge in [0, 0.05) is 16.1 Å². The van der Waals surface area contributed by atoms with Crippen LogP contribution in [-0.4, -0.2) is 30.9 Å². The van der Waals surface area contributed by atoms with E-state index in [1.807, 2.05) is 13.0 Å². The van der Waals surface area contributed by atoms with Crippen molar-refractivity contribution in [1.82, 2.24) is 9.78 Å². The van der Waals surface area contributed by atoms with E-state index in [4.69, 9.17) is 0 Å². The van der Waals surface area contributed by atoms with E-state index in [0.717, 1.165) is 16.6 Å². The second-order valence-electron chi connectivity index (χ2n) is 5.68. The summed E-state index contributed by atoms with van der Waals surface area (Å²) in [5.41, 5.74) is 1.08. The molecule has 0 aliphatic carbocycles. The van der Waals surface area contributed by atoms with E-state index in [2.05, 4.69) is 21.0 Å². The standard InChI is InChI=1S/C18H14BrN3O5/c1-2-13-16(18(24)25)17(10-6-7-14(22(26)27)15(23)8-10)20-21(13)12-5-3-4-11(19)9-12/h3-9,23H,2H2,1H3,(H,24,25). The molecule has 138 valence electrons. The highest BCUT2D eigenvalue weighted by molar-refractivity contribution is 9.10. The van der Waals surface area contributed by atoms with Gasteiger partial charge in [-0.1, -0.05) is 28.9 Å². The van der Waals surface area contributed by atoms with E-state index >= 15 is 0 Å². The van der Waals surface area contributed by atoms with E-state index < -0.39 is 22.3 Å². The number of phenols is 1. The van der Waals surface area contributed by atoms with Crippen LogP contribution < -0.4 is 0 Å². The topological polar surface area (TPSA) is 118 Å². The predicted octanol–water partition coefficient (Wildman–Crippen LogP) is 4.18. The molecule has 0 aliphatic heterocycles. The van der Waals surface area contributed by atoms with E-state index in [-0.39, 0.29) is 16.8 Å². The molecule has 2 aromatic carbocycles. The average Bonchev–Trinajstić information content (AvgIpc) is 3.01. The molecule has 8 nitrogen and oxygen atoms in total. The number of phenolic OH excluding ortho intramolecular Hbond substituents is 1. The number of hydrogen-bond acceptors (Lipinski definition) is 5. The molecule has 0 saturated heterocycles. The van der Waals surface area contributed by atoms with Crippen molar-refractivity contribution in [2.45, 2.75) is 13.3 Å².